The second kappa shape index (κ2) is 4.98. The highest BCUT2D eigenvalue weighted by Crippen LogP contribution is 2.05. The Morgan fingerprint density at radius 2 is 1.75 bits per heavy atom. The normalized spacial score (nSPS) is 10.5. The SMILES string of the molecule is O=Cc1ccc(C=Cc2ccncc2)nc1. The first-order valence-electron chi connectivity index (χ1n) is 4.88. The van der Waals surface area contributed by atoms with Crippen LogP contribution in [-0.4, -0.2) is 16.3 Å². The lowest BCUT2D eigenvalue weighted by Gasteiger charge is -1.93. The van der Waals surface area contributed by atoms with Crippen molar-refractivity contribution < 1.29 is 4.79 Å². The molecule has 0 aliphatic carbocycles. The van der Waals surface area contributed by atoms with E-state index in [-0.39, 0.29) is 0 Å². The van der Waals surface area contributed by atoms with Gasteiger partial charge in [-0.25, -0.2) is 0 Å². The van der Waals surface area contributed by atoms with Crippen LogP contribution in [0.25, 0.3) is 12.2 Å². The van der Waals surface area contributed by atoms with E-state index in [1.165, 1.54) is 0 Å². The highest BCUT2D eigenvalue weighted by molar-refractivity contribution is 5.75. The Morgan fingerprint density at radius 3 is 2.38 bits per heavy atom. The van der Waals surface area contributed by atoms with Crippen molar-refractivity contribution in [2.75, 3.05) is 0 Å². The maximum Gasteiger partial charge on any atom is 0.151 e. The lowest BCUT2D eigenvalue weighted by Crippen LogP contribution is -1.84. The third-order valence-corrected chi connectivity index (χ3v) is 2.10. The van der Waals surface area contributed by atoms with Gasteiger partial charge in [0, 0.05) is 24.2 Å². The molecule has 78 valence electrons. The van der Waals surface area contributed by atoms with Gasteiger partial charge in [-0.15, -0.1) is 0 Å². The van der Waals surface area contributed by atoms with Crippen LogP contribution in [0.4, 0.5) is 0 Å². The zero-order valence-electron chi connectivity index (χ0n) is 8.58. The number of pyridine rings is 2. The second-order valence-corrected chi connectivity index (χ2v) is 3.25. The first-order chi connectivity index (χ1) is 7.88. The minimum Gasteiger partial charge on any atom is -0.298 e. The Hall–Kier alpha value is -2.29. The third kappa shape index (κ3) is 2.60. The Bertz CT molecular complexity index is 489. The summed E-state index contributed by atoms with van der Waals surface area (Å²) in [7, 11) is 0. The van der Waals surface area contributed by atoms with Crippen LogP contribution in [0.1, 0.15) is 21.6 Å². The van der Waals surface area contributed by atoms with Crippen molar-refractivity contribution in [3.63, 3.8) is 0 Å². The molecule has 0 aliphatic rings. The molecule has 16 heavy (non-hydrogen) atoms. The van der Waals surface area contributed by atoms with Gasteiger partial charge in [0.25, 0.3) is 0 Å². The van der Waals surface area contributed by atoms with Crippen LogP contribution in [0.3, 0.4) is 0 Å². The molecule has 0 spiro atoms. The van der Waals surface area contributed by atoms with E-state index in [0.29, 0.717) is 5.56 Å². The molecule has 0 radical (unpaired) electrons. The van der Waals surface area contributed by atoms with Crippen molar-refractivity contribution in [1.29, 1.82) is 0 Å². The van der Waals surface area contributed by atoms with Gasteiger partial charge in [-0.3, -0.25) is 14.8 Å². The molecule has 0 atom stereocenters. The van der Waals surface area contributed by atoms with E-state index in [9.17, 15) is 4.79 Å². The zero-order valence-corrected chi connectivity index (χ0v) is 8.58. The molecule has 0 saturated carbocycles. The minimum atomic E-state index is 0.584. The minimum absolute atomic E-state index is 0.584. The largest absolute Gasteiger partial charge is 0.298 e. The van der Waals surface area contributed by atoms with Gasteiger partial charge in [-0.05, 0) is 35.9 Å². The monoisotopic (exact) mass is 210 g/mol. The highest BCUT2D eigenvalue weighted by atomic mass is 16.1. The fourth-order valence-electron chi connectivity index (χ4n) is 1.24. The van der Waals surface area contributed by atoms with E-state index in [4.69, 9.17) is 0 Å². The molecular weight excluding hydrogens is 200 g/mol. The molecule has 3 nitrogen and oxygen atoms in total. The van der Waals surface area contributed by atoms with Crippen LogP contribution < -0.4 is 0 Å². The van der Waals surface area contributed by atoms with Gasteiger partial charge in [-0.1, -0.05) is 6.08 Å². The number of hydrogen-bond donors (Lipinski definition) is 0. The summed E-state index contributed by atoms with van der Waals surface area (Å²) in [4.78, 5) is 18.5. The number of carbonyl (C=O) groups is 1. The Balaban J connectivity index is 2.14. The number of aromatic nitrogens is 2. The summed E-state index contributed by atoms with van der Waals surface area (Å²) in [5.41, 5.74) is 2.47. The summed E-state index contributed by atoms with van der Waals surface area (Å²) in [6, 6.07) is 7.38. The Labute approximate surface area is 93.5 Å². The van der Waals surface area contributed by atoms with Gasteiger partial charge in [0.2, 0.25) is 0 Å². The molecule has 3 heteroatoms. The van der Waals surface area contributed by atoms with Crippen LogP contribution in [-0.2, 0) is 0 Å². The van der Waals surface area contributed by atoms with E-state index >= 15 is 0 Å². The smallest absolute Gasteiger partial charge is 0.151 e. The van der Waals surface area contributed by atoms with Gasteiger partial charge in [0.15, 0.2) is 6.29 Å². The van der Waals surface area contributed by atoms with Crippen molar-refractivity contribution in [2.45, 2.75) is 0 Å². The van der Waals surface area contributed by atoms with Gasteiger partial charge in [0.05, 0.1) is 5.69 Å². The number of hydrogen-bond acceptors (Lipinski definition) is 3. The standard InChI is InChI=1S/C13H10N2O/c16-10-12-2-4-13(15-9-12)3-1-11-5-7-14-8-6-11/h1-10H. The molecule has 2 heterocycles. The van der Waals surface area contributed by atoms with Gasteiger partial charge >= 0.3 is 0 Å². The summed E-state index contributed by atoms with van der Waals surface area (Å²) in [5, 5.41) is 0. The summed E-state index contributed by atoms with van der Waals surface area (Å²) in [5.74, 6) is 0. The van der Waals surface area contributed by atoms with Crippen molar-refractivity contribution in [1.82, 2.24) is 9.97 Å². The van der Waals surface area contributed by atoms with E-state index < -0.39 is 0 Å². The number of nitrogens with zero attached hydrogens (tertiary/aromatic N) is 2. The zero-order chi connectivity index (χ0) is 11.2. The maximum atomic E-state index is 10.4. The van der Waals surface area contributed by atoms with Crippen LogP contribution >= 0.6 is 0 Å². The Kier molecular flexibility index (Phi) is 3.18. The fourth-order valence-corrected chi connectivity index (χ4v) is 1.24. The predicted octanol–water partition coefficient (Wildman–Crippen LogP) is 2.46. The molecule has 0 amide bonds. The van der Waals surface area contributed by atoms with E-state index in [0.717, 1.165) is 17.5 Å². The van der Waals surface area contributed by atoms with Crippen molar-refractivity contribution >= 4 is 18.4 Å². The van der Waals surface area contributed by atoms with Crippen LogP contribution in [0.2, 0.25) is 0 Å². The van der Waals surface area contributed by atoms with Crippen molar-refractivity contribution in [3.8, 4) is 0 Å². The van der Waals surface area contributed by atoms with Gasteiger partial charge in [-0.2, -0.15) is 0 Å². The molecule has 0 aliphatic heterocycles. The molecule has 2 aromatic rings. The number of rotatable bonds is 3. The summed E-state index contributed by atoms with van der Waals surface area (Å²) < 4.78 is 0. The molecule has 0 bridgehead atoms. The van der Waals surface area contributed by atoms with E-state index in [2.05, 4.69) is 9.97 Å². The Morgan fingerprint density at radius 1 is 0.938 bits per heavy atom. The molecule has 0 fully saturated rings. The topological polar surface area (TPSA) is 42.9 Å². The van der Waals surface area contributed by atoms with Crippen molar-refractivity contribution in [2.24, 2.45) is 0 Å². The predicted molar refractivity (Wildman–Crippen MR) is 62.8 cm³/mol. The van der Waals surface area contributed by atoms with Gasteiger partial charge in [0.1, 0.15) is 0 Å². The molecule has 0 saturated heterocycles. The van der Waals surface area contributed by atoms with Crippen LogP contribution in [0, 0.1) is 0 Å². The second-order valence-electron chi connectivity index (χ2n) is 3.25. The fraction of sp³-hybridized carbons (Fsp3) is 0. The van der Waals surface area contributed by atoms with E-state index in [1.807, 2.05) is 24.3 Å². The first kappa shape index (κ1) is 10.2. The third-order valence-electron chi connectivity index (χ3n) is 2.10. The molecule has 0 N–H and O–H groups in total. The molecule has 2 aromatic heterocycles. The lowest BCUT2D eigenvalue weighted by molar-refractivity contribution is 0.112. The molecule has 0 aromatic carbocycles. The van der Waals surface area contributed by atoms with Crippen molar-refractivity contribution in [3.05, 3.63) is 59.7 Å². The number of aldehydes is 1. The van der Waals surface area contributed by atoms with Crippen LogP contribution in [0.15, 0.2) is 42.9 Å². The average molecular weight is 210 g/mol. The number of carbonyl (C=O) groups excluding carboxylic acids is 1. The van der Waals surface area contributed by atoms with E-state index in [1.54, 1.807) is 30.7 Å². The van der Waals surface area contributed by atoms with Gasteiger partial charge < -0.3 is 0 Å². The molecule has 0 unspecified atom stereocenters. The summed E-state index contributed by atoms with van der Waals surface area (Å²) >= 11 is 0. The average Bonchev–Trinajstić information content (AvgIpc) is 2.38. The maximum absolute atomic E-state index is 10.4. The highest BCUT2D eigenvalue weighted by Gasteiger charge is 1.91. The summed E-state index contributed by atoms with van der Waals surface area (Å²) in [6.07, 6.45) is 9.66. The molecular formula is C13H10N2O. The first-order valence-corrected chi connectivity index (χ1v) is 4.88. The summed E-state index contributed by atoms with van der Waals surface area (Å²) in [6.45, 7) is 0. The molecule has 2 rings (SSSR count). The quantitative estimate of drug-likeness (QED) is 0.731. The van der Waals surface area contributed by atoms with Crippen LogP contribution in [0.5, 0.6) is 0 Å². The lowest BCUT2D eigenvalue weighted by atomic mass is 10.2.